The van der Waals surface area contributed by atoms with E-state index in [1.807, 2.05) is 6.92 Å². The standard InChI is InChI=1S/C15H23ClN4O.HI/c1-3-9-19-15(17-4-2)20-11-10-18-14(21)12-5-7-13(16)8-6-12;/h5-8H,3-4,9-11H2,1-2H3,(H,18,21)(H2,17,19,20);1H. The lowest BCUT2D eigenvalue weighted by molar-refractivity contribution is 0.0954. The van der Waals surface area contributed by atoms with E-state index in [-0.39, 0.29) is 29.9 Å². The van der Waals surface area contributed by atoms with Crippen molar-refractivity contribution < 1.29 is 4.79 Å². The number of nitrogens with one attached hydrogen (secondary N) is 3. The average molecular weight is 439 g/mol. The molecule has 5 nitrogen and oxygen atoms in total. The van der Waals surface area contributed by atoms with Gasteiger partial charge < -0.3 is 16.0 Å². The fraction of sp³-hybridized carbons (Fsp3) is 0.467. The topological polar surface area (TPSA) is 65.5 Å². The number of aliphatic imine (C=N–C) groups is 1. The monoisotopic (exact) mass is 438 g/mol. The van der Waals surface area contributed by atoms with Crippen LogP contribution < -0.4 is 16.0 Å². The van der Waals surface area contributed by atoms with Gasteiger partial charge in [0.2, 0.25) is 0 Å². The summed E-state index contributed by atoms with van der Waals surface area (Å²) in [7, 11) is 0. The lowest BCUT2D eigenvalue weighted by Gasteiger charge is -2.11. The van der Waals surface area contributed by atoms with Crippen LogP contribution in [0.4, 0.5) is 0 Å². The van der Waals surface area contributed by atoms with Crippen molar-refractivity contribution in [3.8, 4) is 0 Å². The van der Waals surface area contributed by atoms with E-state index in [0.717, 1.165) is 25.5 Å². The van der Waals surface area contributed by atoms with Gasteiger partial charge >= 0.3 is 0 Å². The summed E-state index contributed by atoms with van der Waals surface area (Å²) in [5.74, 6) is 0.670. The zero-order valence-corrected chi connectivity index (χ0v) is 16.1. The van der Waals surface area contributed by atoms with Crippen LogP contribution in [0.25, 0.3) is 0 Å². The maximum atomic E-state index is 11.9. The van der Waals surface area contributed by atoms with Gasteiger partial charge in [0.15, 0.2) is 5.96 Å². The highest BCUT2D eigenvalue weighted by Gasteiger charge is 2.04. The molecule has 0 spiro atoms. The number of carbonyl (C=O) groups is 1. The fourth-order valence-corrected chi connectivity index (χ4v) is 1.75. The van der Waals surface area contributed by atoms with Crippen LogP contribution in [0.1, 0.15) is 30.6 Å². The molecule has 0 aliphatic carbocycles. The SMILES string of the molecule is CCCN=C(NCC)NCCNC(=O)c1ccc(Cl)cc1.I. The van der Waals surface area contributed by atoms with Crippen molar-refractivity contribution >= 4 is 47.4 Å². The van der Waals surface area contributed by atoms with Gasteiger partial charge in [-0.1, -0.05) is 18.5 Å². The van der Waals surface area contributed by atoms with Crippen LogP contribution in [-0.2, 0) is 0 Å². The first-order chi connectivity index (χ1) is 10.2. The number of amides is 1. The molecular weight excluding hydrogens is 415 g/mol. The smallest absolute Gasteiger partial charge is 0.251 e. The molecule has 0 heterocycles. The zero-order valence-electron chi connectivity index (χ0n) is 13.0. The second kappa shape index (κ2) is 12.5. The van der Waals surface area contributed by atoms with E-state index in [9.17, 15) is 4.79 Å². The number of nitrogens with zero attached hydrogens (tertiary/aromatic N) is 1. The summed E-state index contributed by atoms with van der Waals surface area (Å²) < 4.78 is 0. The summed E-state index contributed by atoms with van der Waals surface area (Å²) in [5, 5.41) is 9.80. The van der Waals surface area contributed by atoms with E-state index in [1.165, 1.54) is 0 Å². The average Bonchev–Trinajstić information content (AvgIpc) is 2.49. The van der Waals surface area contributed by atoms with E-state index in [2.05, 4.69) is 27.9 Å². The van der Waals surface area contributed by atoms with Gasteiger partial charge in [0, 0.05) is 36.8 Å². The lowest BCUT2D eigenvalue weighted by atomic mass is 10.2. The molecule has 7 heteroatoms. The molecule has 0 saturated carbocycles. The lowest BCUT2D eigenvalue weighted by Crippen LogP contribution is -2.41. The summed E-state index contributed by atoms with van der Waals surface area (Å²) in [6.45, 7) is 6.84. The van der Waals surface area contributed by atoms with Gasteiger partial charge in [0.1, 0.15) is 0 Å². The van der Waals surface area contributed by atoms with Gasteiger partial charge in [-0.25, -0.2) is 0 Å². The third-order valence-corrected chi connectivity index (χ3v) is 2.90. The summed E-state index contributed by atoms with van der Waals surface area (Å²) in [5.41, 5.74) is 0.603. The largest absolute Gasteiger partial charge is 0.357 e. The summed E-state index contributed by atoms with van der Waals surface area (Å²) in [4.78, 5) is 16.3. The molecule has 0 bridgehead atoms. The second-order valence-electron chi connectivity index (χ2n) is 4.45. The molecule has 1 amide bonds. The Bertz CT molecular complexity index is 465. The van der Waals surface area contributed by atoms with E-state index in [4.69, 9.17) is 11.6 Å². The molecular formula is C15H24ClIN4O. The van der Waals surface area contributed by atoms with Crippen molar-refractivity contribution in [2.24, 2.45) is 4.99 Å². The van der Waals surface area contributed by atoms with E-state index in [0.29, 0.717) is 23.7 Å². The molecule has 0 aromatic heterocycles. The number of guanidine groups is 1. The molecule has 0 fully saturated rings. The van der Waals surface area contributed by atoms with Crippen LogP contribution in [0.3, 0.4) is 0 Å². The Balaban J connectivity index is 0.00000441. The number of carbonyl (C=O) groups excluding carboxylic acids is 1. The van der Waals surface area contributed by atoms with Crippen molar-refractivity contribution in [3.63, 3.8) is 0 Å². The molecule has 3 N–H and O–H groups in total. The van der Waals surface area contributed by atoms with Crippen LogP contribution in [0.15, 0.2) is 29.3 Å². The number of halogens is 2. The number of benzene rings is 1. The molecule has 0 radical (unpaired) electrons. The Labute approximate surface area is 154 Å². The van der Waals surface area contributed by atoms with Crippen LogP contribution in [-0.4, -0.2) is 38.0 Å². The molecule has 0 atom stereocenters. The van der Waals surface area contributed by atoms with Crippen molar-refractivity contribution in [2.45, 2.75) is 20.3 Å². The highest BCUT2D eigenvalue weighted by Crippen LogP contribution is 2.08. The second-order valence-corrected chi connectivity index (χ2v) is 4.89. The first kappa shape index (κ1) is 21.0. The van der Waals surface area contributed by atoms with Crippen LogP contribution in [0.2, 0.25) is 5.02 Å². The van der Waals surface area contributed by atoms with E-state index >= 15 is 0 Å². The maximum absolute atomic E-state index is 11.9. The molecule has 0 aliphatic heterocycles. The summed E-state index contributed by atoms with van der Waals surface area (Å²) >= 11 is 5.79. The quantitative estimate of drug-likeness (QED) is 0.265. The third-order valence-electron chi connectivity index (χ3n) is 2.65. The van der Waals surface area contributed by atoms with Gasteiger partial charge in [-0.3, -0.25) is 9.79 Å². The van der Waals surface area contributed by atoms with Crippen LogP contribution in [0.5, 0.6) is 0 Å². The van der Waals surface area contributed by atoms with Crippen molar-refractivity contribution in [3.05, 3.63) is 34.9 Å². The van der Waals surface area contributed by atoms with Crippen molar-refractivity contribution in [1.29, 1.82) is 0 Å². The normalized spacial score (nSPS) is 10.6. The fourth-order valence-electron chi connectivity index (χ4n) is 1.63. The minimum atomic E-state index is -0.107. The van der Waals surface area contributed by atoms with Gasteiger partial charge in [0.25, 0.3) is 5.91 Å². The predicted molar refractivity (Wildman–Crippen MR) is 103 cm³/mol. The molecule has 1 aromatic rings. The van der Waals surface area contributed by atoms with Crippen molar-refractivity contribution in [2.75, 3.05) is 26.2 Å². The molecule has 0 saturated heterocycles. The minimum Gasteiger partial charge on any atom is -0.357 e. The molecule has 0 unspecified atom stereocenters. The Hall–Kier alpha value is -1.02. The van der Waals surface area contributed by atoms with Gasteiger partial charge in [-0.2, -0.15) is 0 Å². The Morgan fingerprint density at radius 1 is 1.09 bits per heavy atom. The summed E-state index contributed by atoms with van der Waals surface area (Å²) in [6.07, 6.45) is 1.00. The van der Waals surface area contributed by atoms with E-state index in [1.54, 1.807) is 24.3 Å². The Morgan fingerprint density at radius 3 is 2.32 bits per heavy atom. The predicted octanol–water partition coefficient (Wildman–Crippen LogP) is 2.65. The van der Waals surface area contributed by atoms with E-state index < -0.39 is 0 Å². The molecule has 1 aromatic carbocycles. The summed E-state index contributed by atoms with van der Waals surface area (Å²) in [6, 6.07) is 6.82. The van der Waals surface area contributed by atoms with Crippen LogP contribution in [0, 0.1) is 0 Å². The molecule has 22 heavy (non-hydrogen) atoms. The highest BCUT2D eigenvalue weighted by atomic mass is 127. The minimum absolute atomic E-state index is 0. The Morgan fingerprint density at radius 2 is 1.73 bits per heavy atom. The number of hydrogen-bond acceptors (Lipinski definition) is 2. The van der Waals surface area contributed by atoms with Crippen LogP contribution >= 0.6 is 35.6 Å². The molecule has 1 rings (SSSR count). The highest BCUT2D eigenvalue weighted by molar-refractivity contribution is 14.0. The Kier molecular flexibility index (Phi) is 11.9. The van der Waals surface area contributed by atoms with Gasteiger partial charge in [-0.15, -0.1) is 24.0 Å². The zero-order chi connectivity index (χ0) is 15.5. The third kappa shape index (κ3) is 8.43. The molecule has 0 aliphatic rings. The maximum Gasteiger partial charge on any atom is 0.251 e. The first-order valence-electron chi connectivity index (χ1n) is 7.23. The van der Waals surface area contributed by atoms with Crippen molar-refractivity contribution in [1.82, 2.24) is 16.0 Å². The van der Waals surface area contributed by atoms with Gasteiger partial charge in [0.05, 0.1) is 0 Å². The molecule has 124 valence electrons. The van der Waals surface area contributed by atoms with Gasteiger partial charge in [-0.05, 0) is 37.6 Å². The first-order valence-corrected chi connectivity index (χ1v) is 7.61. The number of hydrogen-bond donors (Lipinski definition) is 3. The number of rotatable bonds is 7.